The second kappa shape index (κ2) is 13.6. The van der Waals surface area contributed by atoms with E-state index in [1.165, 1.54) is 6.42 Å². The summed E-state index contributed by atoms with van der Waals surface area (Å²) in [5, 5.41) is 19.4. The molecule has 1 aliphatic rings. The van der Waals surface area contributed by atoms with Crippen LogP contribution in [-0.4, -0.2) is 29.4 Å². The maximum atomic E-state index is 11.7. The average Bonchev–Trinajstić information content (AvgIpc) is 3.05. The molecule has 1 rings (SSSR count). The van der Waals surface area contributed by atoms with Gasteiger partial charge in [0.2, 0.25) is 0 Å². The zero-order valence-electron chi connectivity index (χ0n) is 16.4. The second-order valence-corrected chi connectivity index (χ2v) is 7.15. The first-order valence-electron chi connectivity index (χ1n) is 10.0. The lowest BCUT2D eigenvalue weighted by Crippen LogP contribution is -2.22. The van der Waals surface area contributed by atoms with Crippen LogP contribution in [0.15, 0.2) is 36.1 Å². The number of carbonyl (C=O) groups is 1. The fourth-order valence-electron chi connectivity index (χ4n) is 3.65. The number of ether oxygens (including phenoxy) is 1. The molecule has 0 amide bonds. The van der Waals surface area contributed by atoms with Crippen LogP contribution in [0.5, 0.6) is 0 Å². The van der Waals surface area contributed by atoms with E-state index in [-0.39, 0.29) is 17.9 Å². The molecule has 1 aliphatic carbocycles. The Balaban J connectivity index is 2.33. The maximum absolute atomic E-state index is 11.7. The van der Waals surface area contributed by atoms with E-state index in [1.807, 2.05) is 12.2 Å². The Morgan fingerprint density at radius 2 is 2.08 bits per heavy atom. The smallest absolute Gasteiger partial charge is 0.307 e. The molecule has 1 saturated carbocycles. The molecule has 0 saturated heterocycles. The van der Waals surface area contributed by atoms with E-state index in [9.17, 15) is 15.0 Å². The van der Waals surface area contributed by atoms with Gasteiger partial charge >= 0.3 is 5.97 Å². The van der Waals surface area contributed by atoms with Crippen molar-refractivity contribution in [1.82, 2.24) is 0 Å². The molecule has 0 spiro atoms. The van der Waals surface area contributed by atoms with Crippen LogP contribution in [0.4, 0.5) is 0 Å². The van der Waals surface area contributed by atoms with Gasteiger partial charge in [0.05, 0.1) is 25.4 Å². The lowest BCUT2D eigenvalue weighted by atomic mass is 9.85. The van der Waals surface area contributed by atoms with Crippen molar-refractivity contribution >= 4 is 5.97 Å². The third-order valence-electron chi connectivity index (χ3n) is 5.07. The highest BCUT2D eigenvalue weighted by atomic mass is 16.5. The third kappa shape index (κ3) is 8.70. The van der Waals surface area contributed by atoms with Gasteiger partial charge in [-0.05, 0) is 56.4 Å². The first-order chi connectivity index (χ1) is 12.6. The first kappa shape index (κ1) is 22.5. The van der Waals surface area contributed by atoms with Gasteiger partial charge < -0.3 is 14.9 Å². The second-order valence-electron chi connectivity index (χ2n) is 7.15. The molecule has 4 nitrogen and oxygen atoms in total. The molecule has 0 aromatic rings. The number of methoxy groups -OCH3 is 1. The number of unbranched alkanes of at least 4 members (excludes halogenated alkanes) is 2. The van der Waals surface area contributed by atoms with Crippen LogP contribution in [0, 0.1) is 11.8 Å². The summed E-state index contributed by atoms with van der Waals surface area (Å²) in [6.45, 7) is 2.16. The zero-order chi connectivity index (χ0) is 19.2. The lowest BCUT2D eigenvalue weighted by Gasteiger charge is -2.20. The summed E-state index contributed by atoms with van der Waals surface area (Å²) in [6, 6.07) is 0. The Hall–Kier alpha value is -1.55. The standard InChI is InChI=1S/C22H36O4/c1-3-4-8-13-19(23)14-9-6-5-7-10-15-21(22(24)25)20-16-11-12-18(20)17-26-2/h5,7,9,14,17,19-21,23H,3-4,6,8,10-13,15-16H2,1-2H3,(H,24,25)/b7-5+,14-9-,18-17?/t19-,20-,21-/m0/s1. The lowest BCUT2D eigenvalue weighted by molar-refractivity contribution is -0.143. The largest absolute Gasteiger partial charge is 0.504 e. The maximum Gasteiger partial charge on any atom is 0.307 e. The number of aliphatic carboxylic acids is 1. The van der Waals surface area contributed by atoms with Gasteiger partial charge in [-0.1, -0.05) is 50.5 Å². The number of rotatable bonds is 13. The summed E-state index contributed by atoms with van der Waals surface area (Å²) in [6.07, 6.45) is 18.7. The Morgan fingerprint density at radius 1 is 1.27 bits per heavy atom. The molecular weight excluding hydrogens is 328 g/mol. The third-order valence-corrected chi connectivity index (χ3v) is 5.07. The van der Waals surface area contributed by atoms with Crippen molar-refractivity contribution in [2.24, 2.45) is 11.8 Å². The predicted molar refractivity (Wildman–Crippen MR) is 106 cm³/mol. The highest BCUT2D eigenvalue weighted by molar-refractivity contribution is 5.71. The van der Waals surface area contributed by atoms with Crippen LogP contribution in [0.25, 0.3) is 0 Å². The fourth-order valence-corrected chi connectivity index (χ4v) is 3.65. The van der Waals surface area contributed by atoms with Crippen molar-refractivity contribution in [3.8, 4) is 0 Å². The van der Waals surface area contributed by atoms with E-state index in [0.29, 0.717) is 6.42 Å². The van der Waals surface area contributed by atoms with Crippen LogP contribution in [-0.2, 0) is 9.53 Å². The molecule has 4 heteroatoms. The van der Waals surface area contributed by atoms with Crippen molar-refractivity contribution in [2.75, 3.05) is 7.11 Å². The SMILES string of the molecule is CCCCC[C@H](O)/C=C\C/C=C/CC[C@H](C(=O)O)[C@H]1CCCC1=COC. The van der Waals surface area contributed by atoms with Gasteiger partial charge in [0.25, 0.3) is 0 Å². The van der Waals surface area contributed by atoms with Crippen LogP contribution >= 0.6 is 0 Å². The number of hydrogen-bond acceptors (Lipinski definition) is 3. The minimum Gasteiger partial charge on any atom is -0.504 e. The summed E-state index contributed by atoms with van der Waals surface area (Å²) in [4.78, 5) is 11.7. The Kier molecular flexibility index (Phi) is 11.8. The quantitative estimate of drug-likeness (QED) is 0.266. The molecule has 2 N–H and O–H groups in total. The van der Waals surface area contributed by atoms with Gasteiger partial charge in [-0.2, -0.15) is 0 Å². The average molecular weight is 365 g/mol. The molecule has 0 heterocycles. The summed E-state index contributed by atoms with van der Waals surface area (Å²) >= 11 is 0. The van der Waals surface area contributed by atoms with Crippen LogP contribution in [0.2, 0.25) is 0 Å². The number of allylic oxidation sites excluding steroid dienone is 4. The van der Waals surface area contributed by atoms with Gasteiger partial charge in [-0.15, -0.1) is 0 Å². The summed E-state index contributed by atoms with van der Waals surface area (Å²) in [5.74, 6) is -0.930. The van der Waals surface area contributed by atoms with E-state index >= 15 is 0 Å². The minimum absolute atomic E-state index is 0.110. The Labute approximate surface area is 158 Å². The highest BCUT2D eigenvalue weighted by Crippen LogP contribution is 2.38. The van der Waals surface area contributed by atoms with E-state index in [4.69, 9.17) is 4.74 Å². The van der Waals surface area contributed by atoms with Crippen LogP contribution in [0.1, 0.15) is 71.1 Å². The molecule has 0 aliphatic heterocycles. The number of carboxylic acid groups (broad SMARTS) is 1. The van der Waals surface area contributed by atoms with Crippen molar-refractivity contribution in [3.63, 3.8) is 0 Å². The zero-order valence-corrected chi connectivity index (χ0v) is 16.4. The first-order valence-corrected chi connectivity index (χ1v) is 10.0. The van der Waals surface area contributed by atoms with Gasteiger partial charge in [0.15, 0.2) is 0 Å². The molecule has 0 aromatic carbocycles. The number of aliphatic hydroxyl groups is 1. The number of hydrogen-bond donors (Lipinski definition) is 2. The summed E-state index contributed by atoms with van der Waals surface area (Å²) < 4.78 is 5.11. The molecule has 0 aromatic heterocycles. The van der Waals surface area contributed by atoms with E-state index in [2.05, 4.69) is 19.1 Å². The van der Waals surface area contributed by atoms with Gasteiger partial charge in [-0.3, -0.25) is 4.79 Å². The minimum atomic E-state index is -0.706. The monoisotopic (exact) mass is 364 g/mol. The predicted octanol–water partition coefficient (Wildman–Crippen LogP) is 5.24. The van der Waals surface area contributed by atoms with Crippen molar-refractivity contribution in [3.05, 3.63) is 36.1 Å². The van der Waals surface area contributed by atoms with E-state index in [0.717, 1.165) is 56.9 Å². The number of aliphatic hydroxyl groups excluding tert-OH is 1. The summed E-state index contributed by atoms with van der Waals surface area (Å²) in [5.41, 5.74) is 1.14. The van der Waals surface area contributed by atoms with Gasteiger partial charge in [0, 0.05) is 0 Å². The van der Waals surface area contributed by atoms with E-state index in [1.54, 1.807) is 13.4 Å². The normalized spacial score (nSPS) is 21.7. The topological polar surface area (TPSA) is 66.8 Å². The van der Waals surface area contributed by atoms with Crippen molar-refractivity contribution < 1.29 is 19.7 Å². The van der Waals surface area contributed by atoms with Crippen molar-refractivity contribution in [1.29, 1.82) is 0 Å². The molecular formula is C22H36O4. The summed E-state index contributed by atoms with van der Waals surface area (Å²) in [7, 11) is 1.62. The Bertz CT molecular complexity index is 479. The van der Waals surface area contributed by atoms with Crippen molar-refractivity contribution in [2.45, 2.75) is 77.2 Å². The van der Waals surface area contributed by atoms with Crippen LogP contribution in [0.3, 0.4) is 0 Å². The van der Waals surface area contributed by atoms with Gasteiger partial charge in [0.1, 0.15) is 0 Å². The molecule has 0 bridgehead atoms. The Morgan fingerprint density at radius 3 is 2.77 bits per heavy atom. The molecule has 0 unspecified atom stereocenters. The molecule has 148 valence electrons. The number of carboxylic acids is 1. The fraction of sp³-hybridized carbons (Fsp3) is 0.682. The van der Waals surface area contributed by atoms with Gasteiger partial charge in [-0.25, -0.2) is 0 Å². The van der Waals surface area contributed by atoms with E-state index < -0.39 is 5.97 Å². The molecule has 0 radical (unpaired) electrons. The molecule has 26 heavy (non-hydrogen) atoms. The van der Waals surface area contributed by atoms with Crippen LogP contribution < -0.4 is 0 Å². The molecule has 3 atom stereocenters. The molecule has 1 fully saturated rings. The highest BCUT2D eigenvalue weighted by Gasteiger charge is 2.33.